The fourth-order valence-corrected chi connectivity index (χ4v) is 6.98. The zero-order valence-electron chi connectivity index (χ0n) is 23.6. The third-order valence-corrected chi connectivity index (χ3v) is 8.90. The number of hydrogen-bond donors (Lipinski definition) is 1. The highest BCUT2D eigenvalue weighted by molar-refractivity contribution is 7.07. The molecule has 2 aliphatic heterocycles. The third-order valence-electron chi connectivity index (χ3n) is 7.85. The van der Waals surface area contributed by atoms with E-state index in [2.05, 4.69) is 5.32 Å². The predicted octanol–water partition coefficient (Wildman–Crippen LogP) is 3.90. The minimum atomic E-state index is -0.809. The van der Waals surface area contributed by atoms with Crippen molar-refractivity contribution in [3.8, 4) is 5.75 Å². The molecule has 3 heterocycles. The highest BCUT2D eigenvalue weighted by Gasteiger charge is 2.38. The van der Waals surface area contributed by atoms with Crippen molar-refractivity contribution in [1.82, 2.24) is 9.47 Å². The van der Waals surface area contributed by atoms with Crippen LogP contribution in [0.3, 0.4) is 0 Å². The number of nitrogens with zero attached hydrogens (tertiary/aromatic N) is 3. The molecule has 2 aliphatic rings. The molecule has 4 aromatic rings. The van der Waals surface area contributed by atoms with Crippen LogP contribution < -0.4 is 24.9 Å². The van der Waals surface area contributed by atoms with Gasteiger partial charge in [0.1, 0.15) is 16.3 Å². The number of aryl methyl sites for hydroxylation is 1. The molecule has 0 unspecified atom stereocenters. The molecular formula is C32H30N4O4S. The van der Waals surface area contributed by atoms with Crippen molar-refractivity contribution >= 4 is 45.2 Å². The Balaban J connectivity index is 1.73. The van der Waals surface area contributed by atoms with E-state index in [9.17, 15) is 14.4 Å². The standard InChI is InChI=1S/C32H30N4O4S/c1-6-35(7-2)30(38)24-18(4)33-32-36(27(24)25-20-11-9-8-10-19(20)13-15-23(25)40-5)31(39)28(41-32)26-21-16-17(3)12-14-22(21)34-29(26)37/h8-16,27H,6-7H2,1-5H3,(H,34,37)/b28-26+/t27-/m0/s1. The van der Waals surface area contributed by atoms with Crippen LogP contribution in [-0.4, -0.2) is 41.5 Å². The van der Waals surface area contributed by atoms with Crippen molar-refractivity contribution in [3.63, 3.8) is 0 Å². The van der Waals surface area contributed by atoms with Gasteiger partial charge in [0.25, 0.3) is 17.4 Å². The molecule has 1 N–H and O–H groups in total. The van der Waals surface area contributed by atoms with Crippen LogP contribution in [0.2, 0.25) is 0 Å². The van der Waals surface area contributed by atoms with Crippen LogP contribution in [0.1, 0.15) is 43.5 Å². The number of hydrogen-bond acceptors (Lipinski definition) is 6. The molecule has 2 amide bonds. The molecule has 0 saturated heterocycles. The van der Waals surface area contributed by atoms with Crippen LogP contribution in [0, 0.1) is 6.92 Å². The minimum absolute atomic E-state index is 0.186. The first kappa shape index (κ1) is 26.7. The second-order valence-corrected chi connectivity index (χ2v) is 11.1. The first-order valence-corrected chi connectivity index (χ1v) is 14.4. The summed E-state index contributed by atoms with van der Waals surface area (Å²) in [6, 6.07) is 16.6. The van der Waals surface area contributed by atoms with Crippen LogP contribution in [-0.2, 0) is 9.59 Å². The molecule has 1 aromatic heterocycles. The van der Waals surface area contributed by atoms with Gasteiger partial charge >= 0.3 is 0 Å². The SMILES string of the molecule is CCN(CC)C(=O)C1=C(C)N=c2s/c(=C3/C(=O)Nc4ccc(C)cc43)c(=O)n2[C@@H]1c1c(OC)ccc2ccccc12. The summed E-state index contributed by atoms with van der Waals surface area (Å²) in [7, 11) is 1.59. The van der Waals surface area contributed by atoms with Crippen LogP contribution in [0.5, 0.6) is 5.75 Å². The highest BCUT2D eigenvalue weighted by atomic mass is 32.1. The van der Waals surface area contributed by atoms with Crippen LogP contribution in [0.15, 0.2) is 75.7 Å². The van der Waals surface area contributed by atoms with Gasteiger partial charge in [-0.3, -0.25) is 19.0 Å². The van der Waals surface area contributed by atoms with Gasteiger partial charge in [-0.1, -0.05) is 53.3 Å². The van der Waals surface area contributed by atoms with Gasteiger partial charge in [0.2, 0.25) is 0 Å². The molecule has 0 bridgehead atoms. The Bertz CT molecular complexity index is 1980. The molecule has 6 rings (SSSR count). The van der Waals surface area contributed by atoms with Crippen molar-refractivity contribution in [2.24, 2.45) is 4.99 Å². The number of rotatable bonds is 5. The fraction of sp³-hybridized carbons (Fsp3) is 0.250. The van der Waals surface area contributed by atoms with Crippen LogP contribution in [0.4, 0.5) is 5.69 Å². The fourth-order valence-electron chi connectivity index (χ4n) is 5.84. The lowest BCUT2D eigenvalue weighted by atomic mass is 9.90. The number of fused-ring (bicyclic) bond motifs is 3. The number of carbonyl (C=O) groups is 2. The number of thiazole rings is 1. The Hall–Kier alpha value is -4.50. The molecule has 0 saturated carbocycles. The number of carbonyl (C=O) groups excluding carboxylic acids is 2. The Labute approximate surface area is 240 Å². The quantitative estimate of drug-likeness (QED) is 0.397. The molecule has 8 nitrogen and oxygen atoms in total. The van der Waals surface area contributed by atoms with E-state index in [1.165, 1.54) is 11.3 Å². The first-order chi connectivity index (χ1) is 19.8. The van der Waals surface area contributed by atoms with E-state index < -0.39 is 6.04 Å². The summed E-state index contributed by atoms with van der Waals surface area (Å²) < 4.78 is 7.72. The van der Waals surface area contributed by atoms with Gasteiger partial charge in [0.15, 0.2) is 4.80 Å². The molecule has 0 spiro atoms. The average molecular weight is 567 g/mol. The number of likely N-dealkylation sites (N-methyl/N-ethyl adjacent to an activating group) is 1. The van der Waals surface area contributed by atoms with Gasteiger partial charge in [-0.15, -0.1) is 0 Å². The maximum absolute atomic E-state index is 14.5. The third kappa shape index (κ3) is 4.11. The number of allylic oxidation sites excluding steroid dienone is 1. The molecule has 0 aliphatic carbocycles. The topological polar surface area (TPSA) is 93.0 Å². The molecule has 1 atom stereocenters. The zero-order valence-corrected chi connectivity index (χ0v) is 24.4. The average Bonchev–Trinajstić information content (AvgIpc) is 3.46. The summed E-state index contributed by atoms with van der Waals surface area (Å²) in [5, 5.41) is 4.72. The second-order valence-electron chi connectivity index (χ2n) is 10.2. The molecule has 41 heavy (non-hydrogen) atoms. The zero-order chi connectivity index (χ0) is 29.0. The van der Waals surface area contributed by atoms with Crippen molar-refractivity contribution in [3.05, 3.63) is 102 Å². The van der Waals surface area contributed by atoms with E-state index >= 15 is 0 Å². The largest absolute Gasteiger partial charge is 0.496 e. The molecular weight excluding hydrogens is 536 g/mol. The highest BCUT2D eigenvalue weighted by Crippen LogP contribution is 2.40. The molecule has 3 aromatic carbocycles. The number of anilines is 1. The lowest BCUT2D eigenvalue weighted by Gasteiger charge is -2.30. The molecule has 0 radical (unpaired) electrons. The number of nitrogens with one attached hydrogen (secondary N) is 1. The maximum atomic E-state index is 14.5. The normalized spacial score (nSPS) is 17.2. The summed E-state index contributed by atoms with van der Waals surface area (Å²) in [5.41, 5.74) is 3.95. The van der Waals surface area contributed by atoms with Crippen molar-refractivity contribution in [2.75, 3.05) is 25.5 Å². The van der Waals surface area contributed by atoms with E-state index in [1.54, 1.807) is 16.6 Å². The summed E-state index contributed by atoms with van der Waals surface area (Å²) in [6.07, 6.45) is 0. The number of aromatic nitrogens is 1. The second kappa shape index (κ2) is 10.2. The monoisotopic (exact) mass is 566 g/mol. The summed E-state index contributed by atoms with van der Waals surface area (Å²) in [5.74, 6) is 0.0464. The van der Waals surface area contributed by atoms with Crippen molar-refractivity contribution in [1.29, 1.82) is 0 Å². The number of ether oxygens (including phenoxy) is 1. The first-order valence-electron chi connectivity index (χ1n) is 13.6. The maximum Gasteiger partial charge on any atom is 0.271 e. The van der Waals surface area contributed by atoms with E-state index in [4.69, 9.17) is 9.73 Å². The van der Waals surface area contributed by atoms with Crippen molar-refractivity contribution in [2.45, 2.75) is 33.7 Å². The Kier molecular flexibility index (Phi) is 6.62. The minimum Gasteiger partial charge on any atom is -0.496 e. The summed E-state index contributed by atoms with van der Waals surface area (Å²) in [4.78, 5) is 48.8. The van der Waals surface area contributed by atoms with Gasteiger partial charge in [0.05, 0.1) is 24.0 Å². The van der Waals surface area contributed by atoms with Gasteiger partial charge in [-0.05, 0) is 56.7 Å². The van der Waals surface area contributed by atoms with Gasteiger partial charge in [0, 0.05) is 29.9 Å². The van der Waals surface area contributed by atoms with E-state index in [-0.39, 0.29) is 17.4 Å². The van der Waals surface area contributed by atoms with Crippen molar-refractivity contribution < 1.29 is 14.3 Å². The van der Waals surface area contributed by atoms with Crippen LogP contribution in [0.25, 0.3) is 16.3 Å². The smallest absolute Gasteiger partial charge is 0.271 e. The number of amides is 2. The van der Waals surface area contributed by atoms with E-state index in [0.717, 1.165) is 16.3 Å². The Morgan fingerprint density at radius 2 is 1.83 bits per heavy atom. The predicted molar refractivity (Wildman–Crippen MR) is 161 cm³/mol. The lowest BCUT2D eigenvalue weighted by molar-refractivity contribution is -0.127. The van der Waals surface area contributed by atoms with E-state index in [1.807, 2.05) is 82.3 Å². The van der Waals surface area contributed by atoms with Gasteiger partial charge < -0.3 is 15.0 Å². The lowest BCUT2D eigenvalue weighted by Crippen LogP contribution is -2.43. The Morgan fingerprint density at radius 3 is 2.56 bits per heavy atom. The number of benzene rings is 3. The summed E-state index contributed by atoms with van der Waals surface area (Å²) >= 11 is 1.17. The molecule has 208 valence electrons. The summed E-state index contributed by atoms with van der Waals surface area (Å²) in [6.45, 7) is 8.64. The molecule has 0 fully saturated rings. The molecule has 9 heteroatoms. The Morgan fingerprint density at radius 1 is 1.07 bits per heavy atom. The van der Waals surface area contributed by atoms with Gasteiger partial charge in [-0.2, -0.15) is 0 Å². The van der Waals surface area contributed by atoms with E-state index in [0.29, 0.717) is 61.8 Å². The van der Waals surface area contributed by atoms with Gasteiger partial charge in [-0.25, -0.2) is 4.99 Å². The van der Waals surface area contributed by atoms with Crippen LogP contribution >= 0.6 is 11.3 Å². The number of methoxy groups -OCH3 is 1.